The number of benzene rings is 2. The molecule has 7 heteroatoms. The molecule has 0 aliphatic carbocycles. The lowest BCUT2D eigenvalue weighted by Crippen LogP contribution is -2.09. The molecule has 4 rings (SSSR count). The second kappa shape index (κ2) is 7.85. The summed E-state index contributed by atoms with van der Waals surface area (Å²) >= 11 is 0. The molecule has 0 atom stereocenters. The van der Waals surface area contributed by atoms with E-state index in [1.165, 1.54) is 36.9 Å². The summed E-state index contributed by atoms with van der Waals surface area (Å²) in [5.74, 6) is 0.918. The first-order chi connectivity index (χ1) is 14.1. The van der Waals surface area contributed by atoms with E-state index in [2.05, 4.69) is 4.98 Å². The quantitative estimate of drug-likeness (QED) is 0.373. The van der Waals surface area contributed by atoms with E-state index in [9.17, 15) is 9.59 Å². The topological polar surface area (TPSA) is 87.9 Å². The Morgan fingerprint density at radius 2 is 1.62 bits per heavy atom. The first-order valence-electron chi connectivity index (χ1n) is 8.64. The molecule has 0 aliphatic heterocycles. The predicted molar refractivity (Wildman–Crippen MR) is 105 cm³/mol. The van der Waals surface area contributed by atoms with Crippen LogP contribution in [0.4, 0.5) is 0 Å². The van der Waals surface area contributed by atoms with Gasteiger partial charge >= 0.3 is 5.97 Å². The summed E-state index contributed by atoms with van der Waals surface area (Å²) in [6.45, 7) is 0. The number of carbonyl (C=O) groups is 1. The zero-order chi connectivity index (χ0) is 20.2. The van der Waals surface area contributed by atoms with E-state index in [0.717, 1.165) is 0 Å². The predicted octanol–water partition coefficient (Wildman–Crippen LogP) is 4.21. The van der Waals surface area contributed by atoms with Gasteiger partial charge in [0.25, 0.3) is 0 Å². The molecule has 0 N–H and O–H groups in total. The van der Waals surface area contributed by atoms with E-state index >= 15 is 0 Å². The van der Waals surface area contributed by atoms with E-state index in [4.69, 9.17) is 18.6 Å². The molecule has 0 spiro atoms. The van der Waals surface area contributed by atoms with Crippen molar-refractivity contribution in [1.82, 2.24) is 4.98 Å². The molecule has 4 aromatic rings. The summed E-state index contributed by atoms with van der Waals surface area (Å²) in [5.41, 5.74) is 0.302. The number of hydrogen-bond acceptors (Lipinski definition) is 7. The van der Waals surface area contributed by atoms with Crippen molar-refractivity contribution in [2.24, 2.45) is 0 Å². The summed E-state index contributed by atoms with van der Waals surface area (Å²) in [7, 11) is 1.57. The van der Waals surface area contributed by atoms with Crippen molar-refractivity contribution in [3.63, 3.8) is 0 Å². The van der Waals surface area contributed by atoms with E-state index in [1.807, 2.05) is 0 Å². The van der Waals surface area contributed by atoms with Crippen LogP contribution in [-0.2, 0) is 0 Å². The van der Waals surface area contributed by atoms with Gasteiger partial charge in [-0.25, -0.2) is 4.79 Å². The Kier molecular flexibility index (Phi) is 4.94. The minimum Gasteiger partial charge on any atom is -0.497 e. The number of hydrogen-bond donors (Lipinski definition) is 0. The van der Waals surface area contributed by atoms with Crippen molar-refractivity contribution in [3.05, 3.63) is 89.0 Å². The molecule has 29 heavy (non-hydrogen) atoms. The molecule has 7 nitrogen and oxygen atoms in total. The number of ether oxygens (including phenoxy) is 3. The highest BCUT2D eigenvalue weighted by Crippen LogP contribution is 2.25. The highest BCUT2D eigenvalue weighted by molar-refractivity contribution is 5.91. The van der Waals surface area contributed by atoms with Crippen molar-refractivity contribution in [1.29, 1.82) is 0 Å². The Balaban J connectivity index is 1.58. The van der Waals surface area contributed by atoms with Crippen molar-refractivity contribution in [3.8, 4) is 23.0 Å². The molecule has 0 saturated heterocycles. The molecule has 0 saturated carbocycles. The Bertz CT molecular complexity index is 1220. The van der Waals surface area contributed by atoms with Gasteiger partial charge in [-0.1, -0.05) is 0 Å². The molecule has 0 amide bonds. The summed E-state index contributed by atoms with van der Waals surface area (Å²) < 4.78 is 21.6. The Morgan fingerprint density at radius 1 is 0.931 bits per heavy atom. The fourth-order valence-corrected chi connectivity index (χ4v) is 2.65. The van der Waals surface area contributed by atoms with Crippen molar-refractivity contribution in [2.75, 3.05) is 7.11 Å². The molecule has 2 heterocycles. The minimum atomic E-state index is -0.534. The van der Waals surface area contributed by atoms with Gasteiger partial charge in [-0.05, 0) is 48.5 Å². The monoisotopic (exact) mass is 389 g/mol. The van der Waals surface area contributed by atoms with Crippen LogP contribution in [0, 0.1) is 0 Å². The lowest BCUT2D eigenvalue weighted by atomic mass is 10.2. The lowest BCUT2D eigenvalue weighted by Gasteiger charge is -2.08. The van der Waals surface area contributed by atoms with Crippen molar-refractivity contribution >= 4 is 16.9 Å². The zero-order valence-corrected chi connectivity index (χ0v) is 15.3. The maximum atomic E-state index is 12.7. The Morgan fingerprint density at radius 3 is 2.34 bits per heavy atom. The number of esters is 1. The van der Waals surface area contributed by atoms with Crippen LogP contribution >= 0.6 is 0 Å². The molecule has 2 aromatic heterocycles. The molecule has 144 valence electrons. The second-order valence-electron chi connectivity index (χ2n) is 5.99. The smallest absolute Gasteiger partial charge is 0.343 e. The highest BCUT2D eigenvalue weighted by Gasteiger charge is 2.13. The number of pyridine rings is 1. The van der Waals surface area contributed by atoms with Crippen LogP contribution < -0.4 is 19.6 Å². The lowest BCUT2D eigenvalue weighted by molar-refractivity contribution is 0.0735. The van der Waals surface area contributed by atoms with Gasteiger partial charge in [0.2, 0.25) is 11.2 Å². The van der Waals surface area contributed by atoms with Gasteiger partial charge in [0.15, 0.2) is 0 Å². The molecule has 0 unspecified atom stereocenters. The van der Waals surface area contributed by atoms with Gasteiger partial charge in [0, 0.05) is 18.5 Å². The van der Waals surface area contributed by atoms with Gasteiger partial charge in [0.1, 0.15) is 29.1 Å². The van der Waals surface area contributed by atoms with Crippen LogP contribution in [-0.4, -0.2) is 18.1 Å². The van der Waals surface area contributed by atoms with Gasteiger partial charge < -0.3 is 18.6 Å². The molecule has 0 radical (unpaired) electrons. The molecule has 0 fully saturated rings. The second-order valence-corrected chi connectivity index (χ2v) is 5.99. The van der Waals surface area contributed by atoms with Gasteiger partial charge in [-0.15, -0.1) is 0 Å². The van der Waals surface area contributed by atoms with Crippen LogP contribution in [0.5, 0.6) is 23.0 Å². The van der Waals surface area contributed by atoms with Crippen molar-refractivity contribution < 1.29 is 23.4 Å². The average Bonchev–Trinajstić information content (AvgIpc) is 2.77. The summed E-state index contributed by atoms with van der Waals surface area (Å²) in [6.07, 6.45) is 4.23. The number of rotatable bonds is 5. The highest BCUT2D eigenvalue weighted by atomic mass is 16.5. The first kappa shape index (κ1) is 18.2. The van der Waals surface area contributed by atoms with Gasteiger partial charge in [-0.2, -0.15) is 0 Å². The van der Waals surface area contributed by atoms with E-state index in [-0.39, 0.29) is 22.5 Å². The van der Waals surface area contributed by atoms with Crippen molar-refractivity contribution in [2.45, 2.75) is 0 Å². The first-order valence-corrected chi connectivity index (χ1v) is 8.64. The SMILES string of the molecule is COc1ccc(Oc2coc3cc(OC(=O)c4ccncc4)ccc3c2=O)cc1. The molecule has 2 aromatic carbocycles. The van der Waals surface area contributed by atoms with Crippen LogP contribution in [0.15, 0.2) is 82.5 Å². The third kappa shape index (κ3) is 3.93. The van der Waals surface area contributed by atoms with Crippen LogP contribution in [0.25, 0.3) is 11.0 Å². The maximum absolute atomic E-state index is 12.7. The molecular formula is C22H15NO6. The summed E-state index contributed by atoms with van der Waals surface area (Å²) in [6, 6.07) is 14.4. The third-order valence-corrected chi connectivity index (χ3v) is 4.13. The molecule has 0 bridgehead atoms. The minimum absolute atomic E-state index is 0.0456. The fourth-order valence-electron chi connectivity index (χ4n) is 2.65. The summed E-state index contributed by atoms with van der Waals surface area (Å²) in [5, 5.41) is 0.305. The Labute approximate surface area is 165 Å². The van der Waals surface area contributed by atoms with E-state index in [1.54, 1.807) is 43.5 Å². The Hall–Kier alpha value is -4.13. The number of methoxy groups -OCH3 is 1. The van der Waals surface area contributed by atoms with Gasteiger partial charge in [0.05, 0.1) is 18.1 Å². The summed E-state index contributed by atoms with van der Waals surface area (Å²) in [4.78, 5) is 28.7. The van der Waals surface area contributed by atoms with Crippen LogP contribution in [0.1, 0.15) is 10.4 Å². The number of fused-ring (bicyclic) bond motifs is 1. The zero-order valence-electron chi connectivity index (χ0n) is 15.3. The maximum Gasteiger partial charge on any atom is 0.343 e. The van der Waals surface area contributed by atoms with Crippen LogP contribution in [0.3, 0.4) is 0 Å². The third-order valence-electron chi connectivity index (χ3n) is 4.13. The molecule has 0 aliphatic rings. The van der Waals surface area contributed by atoms with Gasteiger partial charge in [-0.3, -0.25) is 9.78 Å². The average molecular weight is 389 g/mol. The van der Waals surface area contributed by atoms with Crippen LogP contribution in [0.2, 0.25) is 0 Å². The largest absolute Gasteiger partial charge is 0.497 e. The molecular weight excluding hydrogens is 374 g/mol. The van der Waals surface area contributed by atoms with E-state index in [0.29, 0.717) is 22.4 Å². The van der Waals surface area contributed by atoms with E-state index < -0.39 is 5.97 Å². The number of carbonyl (C=O) groups excluding carboxylic acids is 1. The number of nitrogens with zero attached hydrogens (tertiary/aromatic N) is 1. The fraction of sp³-hybridized carbons (Fsp3) is 0.0455. The standard InChI is InChI=1S/C22H15NO6/c1-26-15-2-4-16(5-3-15)28-20-13-27-19-12-17(6-7-18(19)21(20)24)29-22(25)14-8-10-23-11-9-14/h2-13H,1H3. The number of aromatic nitrogens is 1. The normalized spacial score (nSPS) is 10.5.